The van der Waals surface area contributed by atoms with Gasteiger partial charge in [0.15, 0.2) is 0 Å². The summed E-state index contributed by atoms with van der Waals surface area (Å²) < 4.78 is 26.9. The molecule has 0 aliphatic rings. The van der Waals surface area contributed by atoms with E-state index in [0.29, 0.717) is 0 Å². The number of aliphatic hydroxyl groups is 1. The van der Waals surface area contributed by atoms with Gasteiger partial charge in [0.1, 0.15) is 0 Å². The van der Waals surface area contributed by atoms with Crippen molar-refractivity contribution >= 4 is 10.0 Å². The molecule has 0 bridgehead atoms. The number of nitrogens with zero attached hydrogens (tertiary/aromatic N) is 2. The first-order valence-corrected chi connectivity index (χ1v) is 6.08. The van der Waals surface area contributed by atoms with Crippen molar-refractivity contribution in [2.45, 2.75) is 18.7 Å². The van der Waals surface area contributed by atoms with E-state index in [4.69, 9.17) is 5.11 Å². The Bertz CT molecular complexity index is 413. The van der Waals surface area contributed by atoms with Crippen molar-refractivity contribution in [3.8, 4) is 0 Å². The average Bonchev–Trinajstić information content (AvgIpc) is 2.60. The monoisotopic (exact) mass is 233 g/mol. The highest BCUT2D eigenvalue weighted by molar-refractivity contribution is 7.90. The molecule has 6 nitrogen and oxygen atoms in total. The van der Waals surface area contributed by atoms with Crippen LogP contribution < -0.4 is 4.72 Å². The molecule has 15 heavy (non-hydrogen) atoms. The molecular weight excluding hydrogens is 218 g/mol. The summed E-state index contributed by atoms with van der Waals surface area (Å²) in [6.45, 7) is 1.25. The Hall–Kier alpha value is -0.920. The van der Waals surface area contributed by atoms with E-state index in [-0.39, 0.29) is 13.2 Å². The molecule has 0 amide bonds. The topological polar surface area (TPSA) is 84.2 Å². The first kappa shape index (κ1) is 12.2. The molecule has 0 fully saturated rings. The van der Waals surface area contributed by atoms with Crippen LogP contribution in [0.25, 0.3) is 0 Å². The van der Waals surface area contributed by atoms with E-state index in [2.05, 4.69) is 9.82 Å². The minimum Gasteiger partial charge on any atom is -0.395 e. The van der Waals surface area contributed by atoms with Crippen molar-refractivity contribution in [2.75, 3.05) is 6.61 Å². The second-order valence-corrected chi connectivity index (χ2v) is 5.49. The van der Waals surface area contributed by atoms with Crippen LogP contribution in [0.5, 0.6) is 0 Å². The molecule has 0 aromatic carbocycles. The summed E-state index contributed by atoms with van der Waals surface area (Å²) in [5.41, 5.74) is 0.767. The van der Waals surface area contributed by atoms with E-state index in [0.717, 1.165) is 5.69 Å². The Morgan fingerprint density at radius 1 is 1.67 bits per heavy atom. The lowest BCUT2D eigenvalue weighted by Gasteiger charge is -2.11. The number of nitrogens with one attached hydrogen (secondary N) is 1. The van der Waals surface area contributed by atoms with Gasteiger partial charge in [0.2, 0.25) is 10.0 Å². The van der Waals surface area contributed by atoms with E-state index in [1.54, 1.807) is 24.0 Å². The highest BCUT2D eigenvalue weighted by Gasteiger charge is 2.19. The number of rotatable bonds is 5. The van der Waals surface area contributed by atoms with Gasteiger partial charge in [-0.1, -0.05) is 0 Å². The molecule has 1 rings (SSSR count). The fraction of sp³-hybridized carbons (Fsp3) is 0.625. The van der Waals surface area contributed by atoms with Crippen LogP contribution >= 0.6 is 0 Å². The van der Waals surface area contributed by atoms with Crippen LogP contribution in [0.4, 0.5) is 0 Å². The summed E-state index contributed by atoms with van der Waals surface area (Å²) in [7, 11) is -1.71. The second kappa shape index (κ2) is 4.73. The Kier molecular flexibility index (Phi) is 3.83. The standard InChI is InChI=1S/C8H15N3O3S/c1-7(6-12)15(13,14)10-5-8-3-4-9-11(8)2/h3-4,7,10,12H,5-6H2,1-2H3. The summed E-state index contributed by atoms with van der Waals surface area (Å²) in [5.74, 6) is 0. The molecule has 0 aliphatic carbocycles. The van der Waals surface area contributed by atoms with Crippen LogP contribution in [-0.2, 0) is 23.6 Å². The smallest absolute Gasteiger partial charge is 0.216 e. The lowest BCUT2D eigenvalue weighted by Crippen LogP contribution is -2.34. The number of hydrogen-bond donors (Lipinski definition) is 2. The predicted molar refractivity (Wildman–Crippen MR) is 55.5 cm³/mol. The van der Waals surface area contributed by atoms with Crippen molar-refractivity contribution < 1.29 is 13.5 Å². The van der Waals surface area contributed by atoms with Crippen molar-refractivity contribution in [1.29, 1.82) is 0 Å². The fourth-order valence-electron chi connectivity index (χ4n) is 0.990. The molecule has 0 saturated heterocycles. The number of hydrogen-bond acceptors (Lipinski definition) is 4. The number of aryl methyl sites for hydroxylation is 1. The van der Waals surface area contributed by atoms with Crippen LogP contribution in [-0.4, -0.2) is 35.2 Å². The van der Waals surface area contributed by atoms with Gasteiger partial charge in [-0.15, -0.1) is 0 Å². The molecule has 1 aromatic heterocycles. The molecule has 1 atom stereocenters. The first-order chi connectivity index (χ1) is 6.97. The van der Waals surface area contributed by atoms with Gasteiger partial charge in [-0.3, -0.25) is 4.68 Å². The molecule has 2 N–H and O–H groups in total. The van der Waals surface area contributed by atoms with Gasteiger partial charge in [0.05, 0.1) is 24.1 Å². The van der Waals surface area contributed by atoms with Gasteiger partial charge in [0, 0.05) is 13.2 Å². The Morgan fingerprint density at radius 2 is 2.33 bits per heavy atom. The number of aliphatic hydroxyl groups excluding tert-OH is 1. The summed E-state index contributed by atoms with van der Waals surface area (Å²) in [6.07, 6.45) is 1.60. The third-order valence-electron chi connectivity index (χ3n) is 2.16. The minimum absolute atomic E-state index is 0.184. The molecular formula is C8H15N3O3S. The lowest BCUT2D eigenvalue weighted by molar-refractivity contribution is 0.294. The summed E-state index contributed by atoms with van der Waals surface area (Å²) in [6, 6.07) is 1.73. The number of sulfonamides is 1. The molecule has 7 heteroatoms. The van der Waals surface area contributed by atoms with Crippen molar-refractivity contribution in [1.82, 2.24) is 14.5 Å². The zero-order chi connectivity index (χ0) is 11.5. The SMILES string of the molecule is CC(CO)S(=O)(=O)NCc1ccnn1C. The highest BCUT2D eigenvalue weighted by atomic mass is 32.2. The maximum atomic E-state index is 11.5. The lowest BCUT2D eigenvalue weighted by atomic mass is 10.4. The van der Waals surface area contributed by atoms with E-state index >= 15 is 0 Å². The summed E-state index contributed by atoms with van der Waals surface area (Å²) in [5, 5.41) is 11.9. The molecule has 0 saturated carbocycles. The van der Waals surface area contributed by atoms with Crippen LogP contribution in [0, 0.1) is 0 Å². The maximum absolute atomic E-state index is 11.5. The third-order valence-corrected chi connectivity index (χ3v) is 3.92. The average molecular weight is 233 g/mol. The molecule has 1 unspecified atom stereocenters. The maximum Gasteiger partial charge on any atom is 0.216 e. The highest BCUT2D eigenvalue weighted by Crippen LogP contribution is 2.00. The van der Waals surface area contributed by atoms with E-state index in [1.165, 1.54) is 6.92 Å². The first-order valence-electron chi connectivity index (χ1n) is 4.53. The van der Waals surface area contributed by atoms with Crippen LogP contribution in [0.15, 0.2) is 12.3 Å². The van der Waals surface area contributed by atoms with Gasteiger partial charge in [-0.25, -0.2) is 13.1 Å². The van der Waals surface area contributed by atoms with E-state index in [9.17, 15) is 8.42 Å². The minimum atomic E-state index is -3.44. The van der Waals surface area contributed by atoms with Gasteiger partial charge in [-0.2, -0.15) is 5.10 Å². The van der Waals surface area contributed by atoms with E-state index in [1.807, 2.05) is 0 Å². The molecule has 0 aliphatic heterocycles. The van der Waals surface area contributed by atoms with Crippen LogP contribution in [0.3, 0.4) is 0 Å². The predicted octanol–water partition coefficient (Wildman–Crippen LogP) is -0.780. The molecule has 86 valence electrons. The Labute approximate surface area is 89.0 Å². The van der Waals surface area contributed by atoms with Crippen molar-refractivity contribution in [2.24, 2.45) is 7.05 Å². The molecule has 1 aromatic rings. The van der Waals surface area contributed by atoms with Crippen molar-refractivity contribution in [3.05, 3.63) is 18.0 Å². The zero-order valence-electron chi connectivity index (χ0n) is 8.71. The van der Waals surface area contributed by atoms with Crippen LogP contribution in [0.2, 0.25) is 0 Å². The summed E-state index contributed by atoms with van der Waals surface area (Å²) in [4.78, 5) is 0. The molecule has 0 spiro atoms. The second-order valence-electron chi connectivity index (χ2n) is 3.31. The van der Waals surface area contributed by atoms with Gasteiger partial charge < -0.3 is 5.11 Å². The third kappa shape index (κ3) is 3.01. The molecule has 0 radical (unpaired) electrons. The zero-order valence-corrected chi connectivity index (χ0v) is 9.53. The fourth-order valence-corrected chi connectivity index (χ4v) is 1.82. The quantitative estimate of drug-likeness (QED) is 0.699. The Morgan fingerprint density at radius 3 is 2.80 bits per heavy atom. The number of aromatic nitrogens is 2. The van der Waals surface area contributed by atoms with Gasteiger partial charge in [0.25, 0.3) is 0 Å². The van der Waals surface area contributed by atoms with Crippen molar-refractivity contribution in [3.63, 3.8) is 0 Å². The van der Waals surface area contributed by atoms with Gasteiger partial charge in [-0.05, 0) is 13.0 Å². The van der Waals surface area contributed by atoms with Gasteiger partial charge >= 0.3 is 0 Å². The molecule has 1 heterocycles. The van der Waals surface area contributed by atoms with E-state index < -0.39 is 15.3 Å². The van der Waals surface area contributed by atoms with Crippen LogP contribution in [0.1, 0.15) is 12.6 Å². The largest absolute Gasteiger partial charge is 0.395 e. The Balaban J connectivity index is 2.62. The normalized spacial score (nSPS) is 14.1. The summed E-state index contributed by atoms with van der Waals surface area (Å²) >= 11 is 0.